The van der Waals surface area contributed by atoms with E-state index in [1.807, 2.05) is 13.2 Å². The molecule has 3 N–H and O–H groups in total. The van der Waals surface area contributed by atoms with Gasteiger partial charge in [0, 0.05) is 25.9 Å². The molecule has 5 heteroatoms. The second-order valence-electron chi connectivity index (χ2n) is 3.88. The number of hydrogen-bond donors (Lipinski definition) is 3. The maximum absolute atomic E-state index is 4.25. The molecule has 0 unspecified atom stereocenters. The van der Waals surface area contributed by atoms with Gasteiger partial charge in [0.25, 0.3) is 0 Å². The van der Waals surface area contributed by atoms with Crippen molar-refractivity contribution in [3.05, 3.63) is 11.8 Å². The molecule has 0 spiro atoms. The van der Waals surface area contributed by atoms with Gasteiger partial charge in [-0.3, -0.25) is 0 Å². The molecule has 5 nitrogen and oxygen atoms in total. The van der Waals surface area contributed by atoms with Crippen molar-refractivity contribution in [2.45, 2.75) is 26.2 Å². The molecule has 0 aromatic carbocycles. The molecule has 2 rings (SSSR count). The normalized spacial score (nSPS) is 13.8. The lowest BCUT2D eigenvalue weighted by Gasteiger charge is -2.06. The predicted molar refractivity (Wildman–Crippen MR) is 72.6 cm³/mol. The van der Waals surface area contributed by atoms with Gasteiger partial charge in [-0.1, -0.05) is 6.92 Å². The fraction of sp³-hybridized carbons (Fsp3) is 0.667. The third-order valence-electron chi connectivity index (χ3n) is 2.66. The van der Waals surface area contributed by atoms with Gasteiger partial charge >= 0.3 is 0 Å². The van der Waals surface area contributed by atoms with Gasteiger partial charge in [0.1, 0.15) is 5.82 Å². The van der Waals surface area contributed by atoms with Crippen LogP contribution in [0.25, 0.3) is 0 Å². The van der Waals surface area contributed by atoms with Crippen molar-refractivity contribution in [1.29, 1.82) is 0 Å². The van der Waals surface area contributed by atoms with Crippen LogP contribution in [0.4, 0.5) is 11.8 Å². The van der Waals surface area contributed by atoms with E-state index in [2.05, 4.69) is 32.8 Å². The van der Waals surface area contributed by atoms with E-state index in [9.17, 15) is 0 Å². The van der Waals surface area contributed by atoms with Crippen LogP contribution < -0.4 is 16.0 Å². The molecule has 0 saturated carbocycles. The Balaban J connectivity index is 0.000000239. The van der Waals surface area contributed by atoms with Gasteiger partial charge in [0.15, 0.2) is 0 Å². The zero-order valence-corrected chi connectivity index (χ0v) is 11.0. The number of hydrogen-bond acceptors (Lipinski definition) is 5. The first-order chi connectivity index (χ1) is 8.31. The van der Waals surface area contributed by atoms with Crippen LogP contribution in [0.3, 0.4) is 0 Å². The molecule has 1 fully saturated rings. The molecule has 1 aliphatic heterocycles. The molecule has 0 amide bonds. The fourth-order valence-electron chi connectivity index (χ4n) is 1.63. The number of rotatable bonds is 3. The van der Waals surface area contributed by atoms with Crippen molar-refractivity contribution in [3.63, 3.8) is 0 Å². The minimum atomic E-state index is 0.650. The zero-order chi connectivity index (χ0) is 12.5. The predicted octanol–water partition coefficient (Wildman–Crippen LogP) is 1.49. The smallest absolute Gasteiger partial charge is 0.224 e. The van der Waals surface area contributed by atoms with Crippen LogP contribution in [-0.2, 0) is 6.42 Å². The van der Waals surface area contributed by atoms with Crippen molar-refractivity contribution >= 4 is 11.8 Å². The summed E-state index contributed by atoms with van der Waals surface area (Å²) in [7, 11) is 3.67. The number of nitrogens with zero attached hydrogens (tertiary/aromatic N) is 2. The Hall–Kier alpha value is -1.36. The van der Waals surface area contributed by atoms with E-state index in [4.69, 9.17) is 0 Å². The molecular weight excluding hydrogens is 214 g/mol. The van der Waals surface area contributed by atoms with Gasteiger partial charge in [-0.05, 0) is 32.4 Å². The van der Waals surface area contributed by atoms with E-state index in [1.165, 1.54) is 25.9 Å². The topological polar surface area (TPSA) is 61.9 Å². The summed E-state index contributed by atoms with van der Waals surface area (Å²) in [4.78, 5) is 8.36. The van der Waals surface area contributed by atoms with Crippen molar-refractivity contribution in [1.82, 2.24) is 15.3 Å². The first-order valence-electron chi connectivity index (χ1n) is 6.24. The lowest BCUT2D eigenvalue weighted by molar-refractivity contribution is 0.857. The van der Waals surface area contributed by atoms with Crippen molar-refractivity contribution in [2.24, 2.45) is 0 Å². The van der Waals surface area contributed by atoms with E-state index in [-0.39, 0.29) is 0 Å². The van der Waals surface area contributed by atoms with Crippen LogP contribution in [0.5, 0.6) is 0 Å². The standard InChI is InChI=1S/C8H14N4.C4H9N/c1-4-6-5-11-8(10-3)12-7(6)9-2;1-2-4-5-3-1/h5H,4H2,1-3H3,(H2,9,10,11,12);5H,1-4H2. The van der Waals surface area contributed by atoms with Gasteiger partial charge < -0.3 is 16.0 Å². The maximum Gasteiger partial charge on any atom is 0.224 e. The molecule has 0 bridgehead atoms. The summed E-state index contributed by atoms with van der Waals surface area (Å²) in [6.07, 6.45) is 5.56. The summed E-state index contributed by atoms with van der Waals surface area (Å²) in [6.45, 7) is 4.58. The first kappa shape index (κ1) is 13.7. The second-order valence-corrected chi connectivity index (χ2v) is 3.88. The SMILES string of the molecule is C1CCNC1.CCc1cnc(NC)nc1NC. The fourth-order valence-corrected chi connectivity index (χ4v) is 1.63. The largest absolute Gasteiger partial charge is 0.373 e. The van der Waals surface area contributed by atoms with Crippen LogP contribution in [-0.4, -0.2) is 37.2 Å². The van der Waals surface area contributed by atoms with Crippen LogP contribution in [0.1, 0.15) is 25.3 Å². The third kappa shape index (κ3) is 4.56. The Bertz CT molecular complexity index is 315. The molecule has 1 aliphatic rings. The van der Waals surface area contributed by atoms with Gasteiger partial charge in [-0.15, -0.1) is 0 Å². The van der Waals surface area contributed by atoms with E-state index in [1.54, 1.807) is 7.05 Å². The highest BCUT2D eigenvalue weighted by molar-refractivity contribution is 5.46. The van der Waals surface area contributed by atoms with Crippen molar-refractivity contribution in [2.75, 3.05) is 37.8 Å². The van der Waals surface area contributed by atoms with E-state index < -0.39 is 0 Å². The van der Waals surface area contributed by atoms with Crippen molar-refractivity contribution < 1.29 is 0 Å². The highest BCUT2D eigenvalue weighted by Gasteiger charge is 2.01. The minimum absolute atomic E-state index is 0.650. The highest BCUT2D eigenvalue weighted by Crippen LogP contribution is 2.12. The quantitative estimate of drug-likeness (QED) is 0.743. The molecule has 0 aliphatic carbocycles. The Morgan fingerprint density at radius 2 is 1.94 bits per heavy atom. The van der Waals surface area contributed by atoms with Crippen molar-refractivity contribution in [3.8, 4) is 0 Å². The van der Waals surface area contributed by atoms with Gasteiger partial charge in [0.2, 0.25) is 5.95 Å². The summed E-state index contributed by atoms with van der Waals surface area (Å²) in [5, 5.41) is 9.14. The third-order valence-corrected chi connectivity index (χ3v) is 2.66. The average molecular weight is 237 g/mol. The van der Waals surface area contributed by atoms with Gasteiger partial charge in [-0.2, -0.15) is 4.98 Å². The lowest BCUT2D eigenvalue weighted by Crippen LogP contribution is -2.03. The first-order valence-corrected chi connectivity index (χ1v) is 6.24. The second kappa shape index (κ2) is 7.84. The van der Waals surface area contributed by atoms with E-state index >= 15 is 0 Å². The Morgan fingerprint density at radius 3 is 2.35 bits per heavy atom. The van der Waals surface area contributed by atoms with Crippen LogP contribution in [0.15, 0.2) is 6.20 Å². The Labute approximate surface area is 103 Å². The number of anilines is 2. The zero-order valence-electron chi connectivity index (χ0n) is 11.0. The summed E-state index contributed by atoms with van der Waals surface area (Å²) < 4.78 is 0. The number of nitrogens with one attached hydrogen (secondary N) is 3. The lowest BCUT2D eigenvalue weighted by atomic mass is 10.2. The highest BCUT2D eigenvalue weighted by atomic mass is 15.1. The minimum Gasteiger partial charge on any atom is -0.373 e. The molecule has 1 saturated heterocycles. The molecule has 96 valence electrons. The van der Waals surface area contributed by atoms with Crippen LogP contribution >= 0.6 is 0 Å². The molecule has 0 radical (unpaired) electrons. The summed E-state index contributed by atoms with van der Waals surface area (Å²) in [5.41, 5.74) is 1.14. The number of aromatic nitrogens is 2. The average Bonchev–Trinajstić information content (AvgIpc) is 2.97. The van der Waals surface area contributed by atoms with Gasteiger partial charge in [-0.25, -0.2) is 4.98 Å². The van der Waals surface area contributed by atoms with Crippen LogP contribution in [0, 0.1) is 0 Å². The summed E-state index contributed by atoms with van der Waals surface area (Å²) >= 11 is 0. The van der Waals surface area contributed by atoms with Gasteiger partial charge in [0.05, 0.1) is 0 Å². The molecule has 1 aromatic rings. The maximum atomic E-state index is 4.25. The Kier molecular flexibility index (Phi) is 6.32. The van der Waals surface area contributed by atoms with E-state index in [0.29, 0.717) is 5.95 Å². The molecule has 17 heavy (non-hydrogen) atoms. The summed E-state index contributed by atoms with van der Waals surface area (Å²) in [5.74, 6) is 1.55. The molecular formula is C12H23N5. The monoisotopic (exact) mass is 237 g/mol. The Morgan fingerprint density at radius 1 is 1.24 bits per heavy atom. The van der Waals surface area contributed by atoms with E-state index in [0.717, 1.165) is 17.8 Å². The number of aryl methyl sites for hydroxylation is 1. The molecule has 2 heterocycles. The summed E-state index contributed by atoms with van der Waals surface area (Å²) in [6, 6.07) is 0. The molecule has 0 atom stereocenters. The molecule has 1 aromatic heterocycles. The van der Waals surface area contributed by atoms with Crippen LogP contribution in [0.2, 0.25) is 0 Å².